The molecule has 0 atom stereocenters. The number of anilines is 1. The molecule has 26 heavy (non-hydrogen) atoms. The number of morpholine rings is 1. The molecule has 1 fully saturated rings. The molecule has 1 N–H and O–H groups in total. The van der Waals surface area contributed by atoms with Crippen molar-refractivity contribution in [3.63, 3.8) is 0 Å². The molecule has 0 unspecified atom stereocenters. The topological polar surface area (TPSA) is 67.6 Å². The number of aromatic nitrogens is 1. The Labute approximate surface area is 158 Å². The monoisotopic (exact) mass is 373 g/mol. The third-order valence-electron chi connectivity index (χ3n) is 4.61. The molecule has 7 heteroatoms. The first-order chi connectivity index (χ1) is 12.4. The van der Waals surface area contributed by atoms with Crippen LogP contribution in [0.25, 0.3) is 11.1 Å². The van der Waals surface area contributed by atoms with Crippen LogP contribution in [0.1, 0.15) is 17.0 Å². The molecule has 0 bridgehead atoms. The molecule has 0 spiro atoms. The number of hydrogen-bond donors (Lipinski definition) is 2. The summed E-state index contributed by atoms with van der Waals surface area (Å²) < 4.78 is 10.6. The Kier molecular flexibility index (Phi) is 5.38. The smallest absolute Gasteiger partial charge is 0.271 e. The third-order valence-corrected chi connectivity index (χ3v) is 5.07. The van der Waals surface area contributed by atoms with Crippen molar-refractivity contribution in [2.24, 2.45) is 0 Å². The summed E-state index contributed by atoms with van der Waals surface area (Å²) >= 11 is 4.56. The maximum absolute atomic E-state index is 12.7. The lowest BCUT2D eigenvalue weighted by Gasteiger charge is -2.29. The van der Waals surface area contributed by atoms with E-state index in [1.54, 1.807) is 0 Å². The SMILES string of the molecule is C=C(C(=O)Nc1cc(-c2c(C)noc2C)cc(S)c1C)N1CCOCC1. The van der Waals surface area contributed by atoms with E-state index in [0.29, 0.717) is 37.7 Å². The van der Waals surface area contributed by atoms with Gasteiger partial charge in [-0.15, -0.1) is 12.6 Å². The number of nitrogens with one attached hydrogen (secondary N) is 1. The predicted octanol–water partition coefficient (Wildman–Crippen LogP) is 3.34. The highest BCUT2D eigenvalue weighted by molar-refractivity contribution is 7.80. The van der Waals surface area contributed by atoms with Gasteiger partial charge in [0, 0.05) is 29.2 Å². The van der Waals surface area contributed by atoms with E-state index in [-0.39, 0.29) is 5.91 Å². The number of aryl methyl sites for hydroxylation is 2. The normalized spacial score (nSPS) is 14.4. The van der Waals surface area contributed by atoms with E-state index in [0.717, 1.165) is 33.0 Å². The van der Waals surface area contributed by atoms with Gasteiger partial charge in [0.05, 0.1) is 24.6 Å². The van der Waals surface area contributed by atoms with Crippen LogP contribution in [0, 0.1) is 20.8 Å². The van der Waals surface area contributed by atoms with Crippen molar-refractivity contribution in [2.75, 3.05) is 31.6 Å². The number of amides is 1. The van der Waals surface area contributed by atoms with Gasteiger partial charge >= 0.3 is 0 Å². The number of nitrogens with zero attached hydrogens (tertiary/aromatic N) is 2. The molecule has 1 aromatic heterocycles. The zero-order valence-electron chi connectivity index (χ0n) is 15.3. The summed E-state index contributed by atoms with van der Waals surface area (Å²) in [7, 11) is 0. The van der Waals surface area contributed by atoms with Crippen molar-refractivity contribution >= 4 is 24.2 Å². The van der Waals surface area contributed by atoms with Crippen LogP contribution in [-0.2, 0) is 9.53 Å². The summed E-state index contributed by atoms with van der Waals surface area (Å²) in [5, 5.41) is 6.97. The largest absolute Gasteiger partial charge is 0.378 e. The van der Waals surface area contributed by atoms with Crippen LogP contribution in [0.4, 0.5) is 5.69 Å². The van der Waals surface area contributed by atoms with Crippen LogP contribution in [0.3, 0.4) is 0 Å². The Bertz CT molecular complexity index is 834. The Morgan fingerprint density at radius 3 is 2.58 bits per heavy atom. The molecule has 1 saturated heterocycles. The maximum Gasteiger partial charge on any atom is 0.271 e. The Morgan fingerprint density at radius 2 is 1.96 bits per heavy atom. The Hall–Kier alpha value is -2.25. The molecule has 2 heterocycles. The first-order valence-electron chi connectivity index (χ1n) is 8.48. The second-order valence-electron chi connectivity index (χ2n) is 6.37. The highest BCUT2D eigenvalue weighted by atomic mass is 32.1. The fraction of sp³-hybridized carbons (Fsp3) is 0.368. The predicted molar refractivity (Wildman–Crippen MR) is 104 cm³/mol. The summed E-state index contributed by atoms with van der Waals surface area (Å²) in [6, 6.07) is 3.88. The number of hydrogen-bond acceptors (Lipinski definition) is 6. The second kappa shape index (κ2) is 7.55. The number of rotatable bonds is 4. The number of thiol groups is 1. The van der Waals surface area contributed by atoms with Gasteiger partial charge in [0.15, 0.2) is 0 Å². The average molecular weight is 373 g/mol. The zero-order chi connectivity index (χ0) is 18.8. The highest BCUT2D eigenvalue weighted by Crippen LogP contribution is 2.34. The third kappa shape index (κ3) is 3.64. The van der Waals surface area contributed by atoms with E-state index in [4.69, 9.17) is 9.26 Å². The standard InChI is InChI=1S/C19H23N3O3S/c1-11-16(20-19(23)13(3)22-5-7-24-8-6-22)9-15(10-17(11)26)18-12(2)21-25-14(18)4/h9-10,26H,3,5-8H2,1-2,4H3,(H,20,23). The van der Waals surface area contributed by atoms with Gasteiger partial charge in [-0.2, -0.15) is 0 Å². The van der Waals surface area contributed by atoms with Crippen molar-refractivity contribution < 1.29 is 14.1 Å². The summed E-state index contributed by atoms with van der Waals surface area (Å²) in [5.74, 6) is 0.507. The van der Waals surface area contributed by atoms with Crippen LogP contribution in [0.15, 0.2) is 33.8 Å². The molecular formula is C19H23N3O3S. The molecule has 1 aliphatic heterocycles. The molecule has 6 nitrogen and oxygen atoms in total. The van der Waals surface area contributed by atoms with E-state index in [9.17, 15) is 4.79 Å². The molecule has 0 radical (unpaired) electrons. The minimum absolute atomic E-state index is 0.223. The first kappa shape index (κ1) is 18.5. The van der Waals surface area contributed by atoms with Gasteiger partial charge in [-0.05, 0) is 44.0 Å². The molecule has 2 aromatic rings. The number of carbonyl (C=O) groups excluding carboxylic acids is 1. The lowest BCUT2D eigenvalue weighted by molar-refractivity contribution is -0.114. The molecule has 1 amide bonds. The van der Waals surface area contributed by atoms with E-state index in [2.05, 4.69) is 29.7 Å². The number of benzene rings is 1. The summed E-state index contributed by atoms with van der Waals surface area (Å²) in [6.45, 7) is 12.2. The van der Waals surface area contributed by atoms with Crippen LogP contribution >= 0.6 is 12.6 Å². The lowest BCUT2D eigenvalue weighted by atomic mass is 10.0. The fourth-order valence-electron chi connectivity index (χ4n) is 3.04. The van der Waals surface area contributed by atoms with Gasteiger partial charge in [-0.3, -0.25) is 4.79 Å². The van der Waals surface area contributed by atoms with Gasteiger partial charge < -0.3 is 19.5 Å². The molecular weight excluding hydrogens is 350 g/mol. The first-order valence-corrected chi connectivity index (χ1v) is 8.93. The number of carbonyl (C=O) groups is 1. The maximum atomic E-state index is 12.7. The molecule has 3 rings (SSSR count). The minimum atomic E-state index is -0.223. The summed E-state index contributed by atoms with van der Waals surface area (Å²) in [4.78, 5) is 15.4. The van der Waals surface area contributed by atoms with E-state index in [1.165, 1.54) is 0 Å². The zero-order valence-corrected chi connectivity index (χ0v) is 16.2. The molecule has 138 valence electrons. The van der Waals surface area contributed by atoms with E-state index < -0.39 is 0 Å². The van der Waals surface area contributed by atoms with Gasteiger partial charge in [0.25, 0.3) is 5.91 Å². The van der Waals surface area contributed by atoms with E-state index >= 15 is 0 Å². The quantitative estimate of drug-likeness (QED) is 0.636. The molecule has 1 aliphatic rings. The second-order valence-corrected chi connectivity index (χ2v) is 6.85. The molecule has 1 aromatic carbocycles. The van der Waals surface area contributed by atoms with Gasteiger partial charge in [-0.25, -0.2) is 0 Å². The van der Waals surface area contributed by atoms with Crippen molar-refractivity contribution in [2.45, 2.75) is 25.7 Å². The van der Waals surface area contributed by atoms with Crippen molar-refractivity contribution in [3.8, 4) is 11.1 Å². The van der Waals surface area contributed by atoms with Crippen LogP contribution < -0.4 is 5.32 Å². The Morgan fingerprint density at radius 1 is 1.27 bits per heavy atom. The number of ether oxygens (including phenoxy) is 1. The van der Waals surface area contributed by atoms with Gasteiger partial charge in [0.2, 0.25) is 0 Å². The average Bonchev–Trinajstić information content (AvgIpc) is 2.97. The summed E-state index contributed by atoms with van der Waals surface area (Å²) in [5.41, 5.74) is 4.66. The molecule has 0 saturated carbocycles. The Balaban J connectivity index is 1.87. The van der Waals surface area contributed by atoms with Crippen molar-refractivity contribution in [3.05, 3.63) is 41.4 Å². The lowest BCUT2D eigenvalue weighted by Crippen LogP contribution is -2.39. The summed E-state index contributed by atoms with van der Waals surface area (Å²) in [6.07, 6.45) is 0. The van der Waals surface area contributed by atoms with Crippen LogP contribution in [0.2, 0.25) is 0 Å². The van der Waals surface area contributed by atoms with Crippen molar-refractivity contribution in [1.82, 2.24) is 10.1 Å². The van der Waals surface area contributed by atoms with E-state index in [1.807, 2.05) is 37.8 Å². The molecule has 0 aliphatic carbocycles. The minimum Gasteiger partial charge on any atom is -0.378 e. The van der Waals surface area contributed by atoms with Crippen LogP contribution in [-0.4, -0.2) is 42.3 Å². The van der Waals surface area contributed by atoms with Gasteiger partial charge in [0.1, 0.15) is 5.76 Å². The fourth-order valence-corrected chi connectivity index (χ4v) is 3.30. The van der Waals surface area contributed by atoms with Crippen LogP contribution in [0.5, 0.6) is 0 Å². The van der Waals surface area contributed by atoms with Crippen molar-refractivity contribution in [1.29, 1.82) is 0 Å². The highest BCUT2D eigenvalue weighted by Gasteiger charge is 2.20. The van der Waals surface area contributed by atoms with Gasteiger partial charge in [-0.1, -0.05) is 11.7 Å².